The highest BCUT2D eigenvalue weighted by Crippen LogP contribution is 2.40. The van der Waals surface area contributed by atoms with Gasteiger partial charge in [0.05, 0.1) is 27.2 Å². The number of aryl methyl sites for hydroxylation is 2. The molecule has 1 aromatic heterocycles. The molecular weight excluding hydrogens is 466 g/mol. The number of aliphatic hydroxyl groups is 1. The number of likely N-dealkylation sites (tertiary alicyclic amines) is 1. The first-order valence-electron chi connectivity index (χ1n) is 10.1. The van der Waals surface area contributed by atoms with Crippen LogP contribution in [0, 0.1) is 13.8 Å². The number of rotatable bonds is 6. The van der Waals surface area contributed by atoms with E-state index in [1.165, 1.54) is 24.2 Å². The molecule has 30 heavy (non-hydrogen) atoms. The van der Waals surface area contributed by atoms with E-state index in [4.69, 9.17) is 0 Å². The van der Waals surface area contributed by atoms with E-state index < -0.39 is 17.7 Å². The van der Waals surface area contributed by atoms with Crippen molar-refractivity contribution in [2.24, 2.45) is 0 Å². The Kier molecular flexibility index (Phi) is 6.09. The number of carbonyl (C=O) groups is 2. The maximum atomic E-state index is 13.5. The molecule has 4 rings (SSSR count). The van der Waals surface area contributed by atoms with Crippen LogP contribution in [0.15, 0.2) is 40.1 Å². The van der Waals surface area contributed by atoms with Gasteiger partial charge in [0.1, 0.15) is 0 Å². The smallest absolute Gasteiger partial charge is 0.290 e. The van der Waals surface area contributed by atoms with E-state index in [1.807, 2.05) is 31.2 Å². The largest absolute Gasteiger partial charge is 0.503 e. The molecule has 0 aliphatic carbocycles. The third kappa shape index (κ3) is 3.96. The molecule has 3 heterocycles. The van der Waals surface area contributed by atoms with Crippen molar-refractivity contribution in [2.45, 2.75) is 32.7 Å². The van der Waals surface area contributed by atoms with E-state index >= 15 is 0 Å². The van der Waals surface area contributed by atoms with Crippen LogP contribution in [0.25, 0.3) is 0 Å². The highest BCUT2D eigenvalue weighted by molar-refractivity contribution is 9.10. The summed E-state index contributed by atoms with van der Waals surface area (Å²) in [4.78, 5) is 35.3. The molecule has 0 spiro atoms. The summed E-state index contributed by atoms with van der Waals surface area (Å²) in [5, 5.41) is 11.6. The van der Waals surface area contributed by atoms with E-state index in [0.29, 0.717) is 17.1 Å². The van der Waals surface area contributed by atoms with E-state index in [1.54, 1.807) is 11.8 Å². The average molecular weight is 490 g/mol. The number of ketones is 1. The van der Waals surface area contributed by atoms with Crippen molar-refractivity contribution in [3.63, 3.8) is 0 Å². The van der Waals surface area contributed by atoms with Gasteiger partial charge in [0.15, 0.2) is 5.76 Å². The Morgan fingerprint density at radius 3 is 2.63 bits per heavy atom. The van der Waals surface area contributed by atoms with E-state index in [9.17, 15) is 14.7 Å². The first-order chi connectivity index (χ1) is 14.4. The van der Waals surface area contributed by atoms with Gasteiger partial charge in [-0.05, 0) is 57.5 Å². The van der Waals surface area contributed by atoms with Gasteiger partial charge in [0, 0.05) is 17.6 Å². The lowest BCUT2D eigenvalue weighted by atomic mass is 9.95. The molecule has 1 saturated heterocycles. The third-order valence-corrected chi connectivity index (χ3v) is 7.24. The number of amides is 1. The first kappa shape index (κ1) is 21.2. The lowest BCUT2D eigenvalue weighted by molar-refractivity contribution is -0.129. The monoisotopic (exact) mass is 489 g/mol. The number of benzene rings is 1. The number of thiazole rings is 1. The van der Waals surface area contributed by atoms with Crippen LogP contribution >= 0.6 is 27.3 Å². The molecular formula is C22H24BrN3O3S. The van der Waals surface area contributed by atoms with Crippen LogP contribution in [0.3, 0.4) is 0 Å². The van der Waals surface area contributed by atoms with Gasteiger partial charge < -0.3 is 14.9 Å². The molecule has 2 aromatic rings. The zero-order valence-electron chi connectivity index (χ0n) is 17.0. The molecule has 1 unspecified atom stereocenters. The molecule has 2 aliphatic heterocycles. The van der Waals surface area contributed by atoms with Crippen LogP contribution in [0.2, 0.25) is 0 Å². The summed E-state index contributed by atoms with van der Waals surface area (Å²) in [5.41, 5.74) is 1.57. The summed E-state index contributed by atoms with van der Waals surface area (Å²) in [5.74, 6) is -1.25. The van der Waals surface area contributed by atoms with Gasteiger partial charge in [-0.2, -0.15) is 0 Å². The summed E-state index contributed by atoms with van der Waals surface area (Å²) in [7, 11) is 0. The van der Waals surface area contributed by atoms with Crippen molar-refractivity contribution in [1.29, 1.82) is 0 Å². The predicted octanol–water partition coefficient (Wildman–Crippen LogP) is 4.20. The van der Waals surface area contributed by atoms with Crippen molar-refractivity contribution in [3.8, 4) is 0 Å². The molecule has 6 nitrogen and oxygen atoms in total. The quantitative estimate of drug-likeness (QED) is 0.615. The third-order valence-electron chi connectivity index (χ3n) is 5.68. The van der Waals surface area contributed by atoms with Gasteiger partial charge in [0.25, 0.3) is 5.91 Å². The number of nitrogens with zero attached hydrogens (tertiary/aromatic N) is 3. The van der Waals surface area contributed by atoms with Crippen LogP contribution in [-0.4, -0.2) is 57.8 Å². The number of aliphatic hydroxyl groups excluding tert-OH is 1. The van der Waals surface area contributed by atoms with Crippen molar-refractivity contribution in [2.75, 3.05) is 26.2 Å². The Morgan fingerprint density at radius 2 is 2.00 bits per heavy atom. The van der Waals surface area contributed by atoms with Crippen LogP contribution in [0.1, 0.15) is 44.8 Å². The molecule has 8 heteroatoms. The number of hydrogen-bond donors (Lipinski definition) is 1. The summed E-state index contributed by atoms with van der Waals surface area (Å²) >= 11 is 4.78. The minimum atomic E-state index is -0.619. The summed E-state index contributed by atoms with van der Waals surface area (Å²) in [6, 6.07) is 6.95. The normalized spacial score (nSPS) is 19.9. The Labute approximate surface area is 188 Å². The van der Waals surface area contributed by atoms with E-state index in [-0.39, 0.29) is 11.4 Å². The van der Waals surface area contributed by atoms with Gasteiger partial charge in [-0.25, -0.2) is 4.98 Å². The summed E-state index contributed by atoms with van der Waals surface area (Å²) < 4.78 is 0.856. The fourth-order valence-electron chi connectivity index (χ4n) is 4.26. The number of aromatic nitrogens is 1. The Bertz CT molecular complexity index is 1030. The minimum absolute atomic E-state index is 0.145. The van der Waals surface area contributed by atoms with Crippen molar-refractivity contribution >= 4 is 39.0 Å². The molecule has 1 N–H and O–H groups in total. The lowest BCUT2D eigenvalue weighted by Gasteiger charge is -2.28. The summed E-state index contributed by atoms with van der Waals surface area (Å²) in [6.45, 7) is 6.85. The second-order valence-corrected chi connectivity index (χ2v) is 9.86. The maximum Gasteiger partial charge on any atom is 0.290 e. The molecule has 0 radical (unpaired) electrons. The highest BCUT2D eigenvalue weighted by atomic mass is 79.9. The molecule has 158 valence electrons. The van der Waals surface area contributed by atoms with Crippen LogP contribution in [0.4, 0.5) is 0 Å². The molecule has 1 aromatic carbocycles. The van der Waals surface area contributed by atoms with Crippen LogP contribution in [-0.2, 0) is 4.79 Å². The number of carbonyl (C=O) groups excluding carboxylic acids is 2. The number of halogens is 1. The van der Waals surface area contributed by atoms with E-state index in [0.717, 1.165) is 34.7 Å². The molecule has 0 saturated carbocycles. The Hall–Kier alpha value is -2.03. The Morgan fingerprint density at radius 1 is 1.27 bits per heavy atom. The van der Waals surface area contributed by atoms with Crippen molar-refractivity contribution in [1.82, 2.24) is 14.8 Å². The first-order valence-corrected chi connectivity index (χ1v) is 11.7. The molecule has 0 bridgehead atoms. The second-order valence-electron chi connectivity index (χ2n) is 7.74. The molecule has 1 atom stereocenters. The molecule has 1 fully saturated rings. The topological polar surface area (TPSA) is 73.7 Å². The standard InChI is InChI=1S/C22H24BrN3O3S/c1-13-21(30-14(2)24-13)19(27)17-18(15-6-5-7-16(23)12-15)26(22(29)20(17)28)11-10-25-8-3-4-9-25/h5-7,12,18,28H,3-4,8-11H2,1-2H3. The minimum Gasteiger partial charge on any atom is -0.503 e. The van der Waals surface area contributed by atoms with Crippen LogP contribution < -0.4 is 0 Å². The van der Waals surface area contributed by atoms with Gasteiger partial charge in [0.2, 0.25) is 5.78 Å². The summed E-state index contributed by atoms with van der Waals surface area (Å²) in [6.07, 6.45) is 2.33. The maximum absolute atomic E-state index is 13.5. The second kappa shape index (κ2) is 8.61. The zero-order valence-corrected chi connectivity index (χ0v) is 19.4. The fraction of sp³-hybridized carbons (Fsp3) is 0.409. The lowest BCUT2D eigenvalue weighted by Crippen LogP contribution is -2.37. The van der Waals surface area contributed by atoms with Crippen LogP contribution in [0.5, 0.6) is 0 Å². The van der Waals surface area contributed by atoms with E-state index in [2.05, 4.69) is 25.8 Å². The predicted molar refractivity (Wildman–Crippen MR) is 120 cm³/mol. The number of hydrogen-bond acceptors (Lipinski definition) is 6. The Balaban J connectivity index is 1.73. The van der Waals surface area contributed by atoms with Gasteiger partial charge >= 0.3 is 0 Å². The fourth-order valence-corrected chi connectivity index (χ4v) is 5.55. The average Bonchev–Trinajstić information content (AvgIpc) is 3.40. The number of Topliss-reactive ketones (excluding diaryl/α,β-unsaturated/α-hetero) is 1. The van der Waals surface area contributed by atoms with Crippen molar-refractivity contribution in [3.05, 3.63) is 61.2 Å². The van der Waals surface area contributed by atoms with Gasteiger partial charge in [-0.1, -0.05) is 28.1 Å². The van der Waals surface area contributed by atoms with Gasteiger partial charge in [-0.3, -0.25) is 9.59 Å². The highest BCUT2D eigenvalue weighted by Gasteiger charge is 2.44. The zero-order chi connectivity index (χ0) is 21.4. The van der Waals surface area contributed by atoms with Crippen molar-refractivity contribution < 1.29 is 14.7 Å². The van der Waals surface area contributed by atoms with Gasteiger partial charge in [-0.15, -0.1) is 11.3 Å². The molecule has 1 amide bonds. The SMILES string of the molecule is Cc1nc(C)c(C(=O)C2=C(O)C(=O)N(CCN3CCCC3)C2c2cccc(Br)c2)s1. The molecule has 2 aliphatic rings.